The highest BCUT2D eigenvalue weighted by molar-refractivity contribution is 7.13. The molecule has 0 aliphatic heterocycles. The Morgan fingerprint density at radius 1 is 1.12 bits per heavy atom. The van der Waals surface area contributed by atoms with Gasteiger partial charge in [0.05, 0.1) is 5.69 Å². The number of aromatic amines is 1. The van der Waals surface area contributed by atoms with E-state index in [1.807, 2.05) is 18.2 Å². The van der Waals surface area contributed by atoms with E-state index in [0.717, 1.165) is 47.6 Å². The minimum atomic E-state index is -0.108. The molecular weight excluding hydrogens is 332 g/mol. The summed E-state index contributed by atoms with van der Waals surface area (Å²) in [6.45, 7) is 2.81. The van der Waals surface area contributed by atoms with Crippen LogP contribution in [0.1, 0.15) is 31.2 Å². The van der Waals surface area contributed by atoms with Gasteiger partial charge in [0.2, 0.25) is 5.95 Å². The minimum Gasteiger partial charge on any atom is -0.355 e. The largest absolute Gasteiger partial charge is 0.355 e. The number of hydrogen-bond donors (Lipinski definition) is 2. The van der Waals surface area contributed by atoms with E-state index in [2.05, 4.69) is 44.7 Å². The van der Waals surface area contributed by atoms with Gasteiger partial charge in [0.25, 0.3) is 5.56 Å². The first kappa shape index (κ1) is 17.4. The number of nitrogens with zero attached hydrogens (tertiary/aromatic N) is 2. The van der Waals surface area contributed by atoms with E-state index in [1.165, 1.54) is 0 Å². The standard InChI is InChI=1S/C19H22N4OS/c1-2-3-9-15-12-17(24)23-19(22-15)20-11-10-16-13-25-18(21-16)14-7-5-4-6-8-14/h4-8,12-13H,2-3,9-11H2,1H3,(H2,20,22,23,24). The summed E-state index contributed by atoms with van der Waals surface area (Å²) in [6, 6.07) is 11.8. The molecule has 3 aromatic rings. The van der Waals surface area contributed by atoms with Crippen LogP contribution in [0, 0.1) is 0 Å². The van der Waals surface area contributed by atoms with Crippen LogP contribution in [0.3, 0.4) is 0 Å². The van der Waals surface area contributed by atoms with Crippen molar-refractivity contribution < 1.29 is 0 Å². The zero-order chi connectivity index (χ0) is 17.5. The summed E-state index contributed by atoms with van der Waals surface area (Å²) in [7, 11) is 0. The van der Waals surface area contributed by atoms with E-state index in [9.17, 15) is 4.79 Å². The maximum Gasteiger partial charge on any atom is 0.252 e. The lowest BCUT2D eigenvalue weighted by atomic mass is 10.2. The van der Waals surface area contributed by atoms with Gasteiger partial charge in [-0.15, -0.1) is 11.3 Å². The van der Waals surface area contributed by atoms with Crippen LogP contribution in [0.4, 0.5) is 5.95 Å². The number of aromatic nitrogens is 3. The number of anilines is 1. The van der Waals surface area contributed by atoms with E-state index in [0.29, 0.717) is 12.5 Å². The molecule has 0 unspecified atom stereocenters. The van der Waals surface area contributed by atoms with Crippen LogP contribution < -0.4 is 10.9 Å². The molecule has 0 radical (unpaired) electrons. The Morgan fingerprint density at radius 3 is 2.76 bits per heavy atom. The van der Waals surface area contributed by atoms with Crippen LogP contribution in [-0.2, 0) is 12.8 Å². The van der Waals surface area contributed by atoms with Crippen molar-refractivity contribution in [3.8, 4) is 10.6 Å². The van der Waals surface area contributed by atoms with Crippen molar-refractivity contribution in [2.75, 3.05) is 11.9 Å². The van der Waals surface area contributed by atoms with Gasteiger partial charge in [-0.2, -0.15) is 0 Å². The average Bonchev–Trinajstić information content (AvgIpc) is 3.09. The second-order valence-corrected chi connectivity index (χ2v) is 6.73. The molecule has 0 aliphatic carbocycles. The predicted octanol–water partition coefficient (Wildman–Crippen LogP) is 3.89. The van der Waals surface area contributed by atoms with Gasteiger partial charge in [0.1, 0.15) is 5.01 Å². The molecule has 130 valence electrons. The van der Waals surface area contributed by atoms with Gasteiger partial charge in [-0.25, -0.2) is 9.97 Å². The quantitative estimate of drug-likeness (QED) is 0.644. The number of rotatable bonds is 8. The van der Waals surface area contributed by atoms with E-state index in [-0.39, 0.29) is 5.56 Å². The highest BCUT2D eigenvalue weighted by atomic mass is 32.1. The Balaban J connectivity index is 1.57. The molecule has 0 saturated carbocycles. The molecule has 5 nitrogen and oxygen atoms in total. The summed E-state index contributed by atoms with van der Waals surface area (Å²) in [5.74, 6) is 0.539. The molecule has 0 amide bonds. The number of nitrogens with one attached hydrogen (secondary N) is 2. The van der Waals surface area contributed by atoms with Crippen molar-refractivity contribution in [1.82, 2.24) is 15.0 Å². The fourth-order valence-electron chi connectivity index (χ4n) is 2.52. The predicted molar refractivity (Wildman–Crippen MR) is 103 cm³/mol. The summed E-state index contributed by atoms with van der Waals surface area (Å²) < 4.78 is 0. The van der Waals surface area contributed by atoms with Gasteiger partial charge in [-0.05, 0) is 12.8 Å². The van der Waals surface area contributed by atoms with E-state index < -0.39 is 0 Å². The summed E-state index contributed by atoms with van der Waals surface area (Å²) in [5.41, 5.74) is 2.92. The first-order chi connectivity index (χ1) is 12.2. The molecule has 0 atom stereocenters. The molecule has 2 heterocycles. The van der Waals surface area contributed by atoms with Crippen LogP contribution in [0.2, 0.25) is 0 Å². The summed E-state index contributed by atoms with van der Waals surface area (Å²) in [5, 5.41) is 6.31. The van der Waals surface area contributed by atoms with Gasteiger partial charge in [0.15, 0.2) is 0 Å². The summed E-state index contributed by atoms with van der Waals surface area (Å²) in [4.78, 5) is 23.6. The molecule has 1 aromatic carbocycles. The zero-order valence-electron chi connectivity index (χ0n) is 14.3. The minimum absolute atomic E-state index is 0.108. The average molecular weight is 354 g/mol. The SMILES string of the molecule is CCCCc1cc(=O)[nH]c(NCCc2csc(-c3ccccc3)n2)n1. The normalized spacial score (nSPS) is 10.8. The smallest absolute Gasteiger partial charge is 0.252 e. The molecule has 2 N–H and O–H groups in total. The first-order valence-corrected chi connectivity index (χ1v) is 9.46. The number of H-pyrrole nitrogens is 1. The Hall–Kier alpha value is -2.47. The fraction of sp³-hybridized carbons (Fsp3) is 0.316. The number of aryl methyl sites for hydroxylation is 1. The van der Waals surface area contributed by atoms with Crippen LogP contribution >= 0.6 is 11.3 Å². The lowest BCUT2D eigenvalue weighted by Gasteiger charge is -2.06. The van der Waals surface area contributed by atoms with Crippen molar-refractivity contribution in [2.24, 2.45) is 0 Å². The third kappa shape index (κ3) is 5.00. The van der Waals surface area contributed by atoms with Crippen molar-refractivity contribution in [3.05, 3.63) is 63.5 Å². The molecule has 25 heavy (non-hydrogen) atoms. The molecule has 0 fully saturated rings. The van der Waals surface area contributed by atoms with Crippen molar-refractivity contribution >= 4 is 17.3 Å². The van der Waals surface area contributed by atoms with E-state index >= 15 is 0 Å². The Labute approximate surface area is 151 Å². The maximum atomic E-state index is 11.7. The molecule has 0 spiro atoms. The van der Waals surface area contributed by atoms with E-state index in [4.69, 9.17) is 0 Å². The van der Waals surface area contributed by atoms with Gasteiger partial charge < -0.3 is 5.32 Å². The molecule has 0 bridgehead atoms. The molecule has 0 saturated heterocycles. The lowest BCUT2D eigenvalue weighted by Crippen LogP contribution is -2.15. The van der Waals surface area contributed by atoms with E-state index in [1.54, 1.807) is 17.4 Å². The van der Waals surface area contributed by atoms with Gasteiger partial charge >= 0.3 is 0 Å². The third-order valence-electron chi connectivity index (χ3n) is 3.83. The summed E-state index contributed by atoms with van der Waals surface area (Å²) >= 11 is 1.65. The molecule has 3 rings (SSSR count). The Bertz CT molecular complexity index is 857. The second kappa shape index (κ2) is 8.58. The molecule has 6 heteroatoms. The monoisotopic (exact) mass is 354 g/mol. The first-order valence-electron chi connectivity index (χ1n) is 8.58. The highest BCUT2D eigenvalue weighted by Gasteiger charge is 2.05. The Kier molecular flexibility index (Phi) is 5.95. The number of benzene rings is 1. The van der Waals surface area contributed by atoms with Crippen LogP contribution in [0.15, 0.2) is 46.6 Å². The van der Waals surface area contributed by atoms with Crippen molar-refractivity contribution in [1.29, 1.82) is 0 Å². The molecule has 2 aromatic heterocycles. The Morgan fingerprint density at radius 2 is 1.96 bits per heavy atom. The summed E-state index contributed by atoms with van der Waals surface area (Å²) in [6.07, 6.45) is 3.75. The van der Waals surface area contributed by atoms with Crippen LogP contribution in [-0.4, -0.2) is 21.5 Å². The fourth-order valence-corrected chi connectivity index (χ4v) is 3.38. The van der Waals surface area contributed by atoms with Gasteiger partial charge in [-0.1, -0.05) is 43.7 Å². The highest BCUT2D eigenvalue weighted by Crippen LogP contribution is 2.23. The molecular formula is C19H22N4OS. The van der Waals surface area contributed by atoms with Crippen molar-refractivity contribution in [2.45, 2.75) is 32.6 Å². The van der Waals surface area contributed by atoms with Gasteiger partial charge in [0, 0.05) is 35.7 Å². The molecule has 0 aliphatic rings. The van der Waals surface area contributed by atoms with Crippen LogP contribution in [0.25, 0.3) is 10.6 Å². The maximum absolute atomic E-state index is 11.7. The van der Waals surface area contributed by atoms with Gasteiger partial charge in [-0.3, -0.25) is 9.78 Å². The lowest BCUT2D eigenvalue weighted by molar-refractivity contribution is 0.771. The number of unbranched alkanes of at least 4 members (excludes halogenated alkanes) is 1. The number of hydrogen-bond acceptors (Lipinski definition) is 5. The number of thiazole rings is 1. The second-order valence-electron chi connectivity index (χ2n) is 5.88. The van der Waals surface area contributed by atoms with Crippen LogP contribution in [0.5, 0.6) is 0 Å². The van der Waals surface area contributed by atoms with Crippen molar-refractivity contribution in [3.63, 3.8) is 0 Å². The zero-order valence-corrected chi connectivity index (χ0v) is 15.1. The third-order valence-corrected chi connectivity index (χ3v) is 4.77. The topological polar surface area (TPSA) is 70.7 Å².